The third kappa shape index (κ3) is 8.01. The summed E-state index contributed by atoms with van der Waals surface area (Å²) in [5, 5.41) is 3.38. The maximum absolute atomic E-state index is 5.70. The zero-order chi connectivity index (χ0) is 15.5. The van der Waals surface area contributed by atoms with Crippen molar-refractivity contribution in [2.24, 2.45) is 4.99 Å². The molecule has 0 amide bonds. The molecule has 1 aliphatic rings. The third-order valence-corrected chi connectivity index (χ3v) is 3.83. The van der Waals surface area contributed by atoms with Gasteiger partial charge in [0.15, 0.2) is 5.96 Å². The Labute approximate surface area is 157 Å². The standard InChI is InChI=1S/C18H29N3O.HI/c1-2-19-18(21-13-6-7-14-21)20-12-8-15-22-16-11-17-9-4-3-5-10-17;/h3-5,9-10H,2,6-8,11-16H2,1H3,(H,19,20);1H. The minimum atomic E-state index is 0. The molecule has 0 aromatic heterocycles. The van der Waals surface area contributed by atoms with Gasteiger partial charge in [0.1, 0.15) is 0 Å². The van der Waals surface area contributed by atoms with Crippen LogP contribution in [0.15, 0.2) is 35.3 Å². The molecule has 0 bridgehead atoms. The van der Waals surface area contributed by atoms with Gasteiger partial charge in [-0.15, -0.1) is 24.0 Å². The molecule has 1 aliphatic heterocycles. The number of hydrogen-bond acceptors (Lipinski definition) is 2. The van der Waals surface area contributed by atoms with Crippen LogP contribution in [-0.4, -0.2) is 50.3 Å². The van der Waals surface area contributed by atoms with E-state index in [2.05, 4.69) is 41.4 Å². The largest absolute Gasteiger partial charge is 0.381 e. The molecular weight excluding hydrogens is 401 g/mol. The minimum Gasteiger partial charge on any atom is -0.381 e. The van der Waals surface area contributed by atoms with E-state index in [0.717, 1.165) is 58.2 Å². The molecule has 4 nitrogen and oxygen atoms in total. The summed E-state index contributed by atoms with van der Waals surface area (Å²) in [5.41, 5.74) is 1.34. The molecule has 1 aromatic carbocycles. The summed E-state index contributed by atoms with van der Waals surface area (Å²) in [5.74, 6) is 1.07. The van der Waals surface area contributed by atoms with Crippen LogP contribution in [0.4, 0.5) is 0 Å². The number of ether oxygens (including phenoxy) is 1. The summed E-state index contributed by atoms with van der Waals surface area (Å²) >= 11 is 0. The van der Waals surface area contributed by atoms with Gasteiger partial charge in [-0.2, -0.15) is 0 Å². The molecule has 5 heteroatoms. The second kappa shape index (κ2) is 12.6. The van der Waals surface area contributed by atoms with Crippen LogP contribution in [0.25, 0.3) is 0 Å². The Morgan fingerprint density at radius 1 is 1.17 bits per heavy atom. The quantitative estimate of drug-likeness (QED) is 0.297. The van der Waals surface area contributed by atoms with Crippen LogP contribution in [0.1, 0.15) is 31.7 Å². The van der Waals surface area contributed by atoms with Crippen LogP contribution >= 0.6 is 24.0 Å². The molecule has 0 aliphatic carbocycles. The maximum atomic E-state index is 5.70. The van der Waals surface area contributed by atoms with Crippen molar-refractivity contribution in [1.29, 1.82) is 0 Å². The van der Waals surface area contributed by atoms with Crippen molar-refractivity contribution in [3.8, 4) is 0 Å². The molecular formula is C18H30IN3O. The van der Waals surface area contributed by atoms with Crippen molar-refractivity contribution in [2.75, 3.05) is 39.4 Å². The molecule has 1 N–H and O–H groups in total. The zero-order valence-corrected chi connectivity index (χ0v) is 16.5. The Morgan fingerprint density at radius 3 is 2.61 bits per heavy atom. The second-order valence-electron chi connectivity index (χ2n) is 5.63. The normalized spacial score (nSPS) is 14.7. The Morgan fingerprint density at radius 2 is 1.91 bits per heavy atom. The summed E-state index contributed by atoms with van der Waals surface area (Å²) in [7, 11) is 0. The van der Waals surface area contributed by atoms with E-state index < -0.39 is 0 Å². The van der Waals surface area contributed by atoms with Crippen LogP contribution < -0.4 is 5.32 Å². The Hall–Kier alpha value is -0.820. The van der Waals surface area contributed by atoms with Crippen molar-refractivity contribution in [1.82, 2.24) is 10.2 Å². The predicted octanol–water partition coefficient (Wildman–Crippen LogP) is 3.32. The van der Waals surface area contributed by atoms with Crippen molar-refractivity contribution < 1.29 is 4.74 Å². The number of benzene rings is 1. The predicted molar refractivity (Wildman–Crippen MR) is 108 cm³/mol. The van der Waals surface area contributed by atoms with Gasteiger partial charge in [0, 0.05) is 32.8 Å². The SMILES string of the molecule is CCNC(=NCCCOCCc1ccccc1)N1CCCC1.I. The monoisotopic (exact) mass is 431 g/mol. The van der Waals surface area contributed by atoms with Crippen LogP contribution in [0, 0.1) is 0 Å². The zero-order valence-electron chi connectivity index (χ0n) is 14.2. The van der Waals surface area contributed by atoms with Gasteiger partial charge in [-0.1, -0.05) is 30.3 Å². The molecule has 1 fully saturated rings. The lowest BCUT2D eigenvalue weighted by Crippen LogP contribution is -2.39. The number of halogens is 1. The first-order valence-corrected chi connectivity index (χ1v) is 8.55. The summed E-state index contributed by atoms with van der Waals surface area (Å²) < 4.78 is 5.70. The average Bonchev–Trinajstić information content (AvgIpc) is 3.08. The van der Waals surface area contributed by atoms with E-state index in [0.29, 0.717) is 0 Å². The van der Waals surface area contributed by atoms with E-state index in [1.54, 1.807) is 0 Å². The fourth-order valence-electron chi connectivity index (χ4n) is 2.64. The number of hydrogen-bond donors (Lipinski definition) is 1. The highest BCUT2D eigenvalue weighted by molar-refractivity contribution is 14.0. The molecule has 2 rings (SSSR count). The number of nitrogens with zero attached hydrogens (tertiary/aromatic N) is 2. The first-order valence-electron chi connectivity index (χ1n) is 8.55. The Kier molecular flexibility index (Phi) is 11.1. The molecule has 0 spiro atoms. The number of likely N-dealkylation sites (tertiary alicyclic amines) is 1. The number of guanidine groups is 1. The highest BCUT2D eigenvalue weighted by atomic mass is 127. The smallest absolute Gasteiger partial charge is 0.193 e. The lowest BCUT2D eigenvalue weighted by Gasteiger charge is -2.20. The summed E-state index contributed by atoms with van der Waals surface area (Å²) in [6.07, 6.45) is 4.54. The molecule has 0 unspecified atom stereocenters. The van der Waals surface area contributed by atoms with E-state index in [1.165, 1.54) is 18.4 Å². The Balaban J connectivity index is 0.00000264. The van der Waals surface area contributed by atoms with Crippen molar-refractivity contribution >= 4 is 29.9 Å². The van der Waals surface area contributed by atoms with Gasteiger partial charge in [0.2, 0.25) is 0 Å². The van der Waals surface area contributed by atoms with Crippen LogP contribution in [0.5, 0.6) is 0 Å². The van der Waals surface area contributed by atoms with Gasteiger partial charge in [-0.05, 0) is 38.2 Å². The van der Waals surface area contributed by atoms with Gasteiger partial charge in [0.05, 0.1) is 6.61 Å². The van der Waals surface area contributed by atoms with E-state index in [-0.39, 0.29) is 24.0 Å². The fourth-order valence-corrected chi connectivity index (χ4v) is 2.64. The molecule has 0 atom stereocenters. The topological polar surface area (TPSA) is 36.9 Å². The lowest BCUT2D eigenvalue weighted by atomic mass is 10.2. The van der Waals surface area contributed by atoms with Crippen LogP contribution in [0.3, 0.4) is 0 Å². The Bertz CT molecular complexity index is 433. The molecule has 1 saturated heterocycles. The lowest BCUT2D eigenvalue weighted by molar-refractivity contribution is 0.136. The average molecular weight is 431 g/mol. The highest BCUT2D eigenvalue weighted by Crippen LogP contribution is 2.07. The number of rotatable bonds is 8. The number of nitrogens with one attached hydrogen (secondary N) is 1. The summed E-state index contributed by atoms with van der Waals surface area (Å²) in [6, 6.07) is 10.5. The molecule has 130 valence electrons. The van der Waals surface area contributed by atoms with Gasteiger partial charge in [-0.25, -0.2) is 0 Å². The van der Waals surface area contributed by atoms with Crippen LogP contribution in [-0.2, 0) is 11.2 Å². The van der Waals surface area contributed by atoms with E-state index in [9.17, 15) is 0 Å². The number of aliphatic imine (C=N–C) groups is 1. The van der Waals surface area contributed by atoms with Crippen molar-refractivity contribution in [3.05, 3.63) is 35.9 Å². The maximum Gasteiger partial charge on any atom is 0.193 e. The van der Waals surface area contributed by atoms with Gasteiger partial charge < -0.3 is 15.0 Å². The first kappa shape index (κ1) is 20.2. The first-order chi connectivity index (χ1) is 10.9. The van der Waals surface area contributed by atoms with Crippen molar-refractivity contribution in [2.45, 2.75) is 32.6 Å². The van der Waals surface area contributed by atoms with Gasteiger partial charge in [0.25, 0.3) is 0 Å². The van der Waals surface area contributed by atoms with E-state index in [4.69, 9.17) is 9.73 Å². The molecule has 0 saturated carbocycles. The highest BCUT2D eigenvalue weighted by Gasteiger charge is 2.14. The van der Waals surface area contributed by atoms with Crippen molar-refractivity contribution in [3.63, 3.8) is 0 Å². The minimum absolute atomic E-state index is 0. The van der Waals surface area contributed by atoms with Gasteiger partial charge in [-0.3, -0.25) is 4.99 Å². The second-order valence-corrected chi connectivity index (χ2v) is 5.63. The molecule has 0 radical (unpaired) electrons. The van der Waals surface area contributed by atoms with E-state index >= 15 is 0 Å². The van der Waals surface area contributed by atoms with Crippen LogP contribution in [0.2, 0.25) is 0 Å². The molecule has 1 aromatic rings. The van der Waals surface area contributed by atoms with Gasteiger partial charge >= 0.3 is 0 Å². The molecule has 23 heavy (non-hydrogen) atoms. The fraction of sp³-hybridized carbons (Fsp3) is 0.611. The summed E-state index contributed by atoms with van der Waals surface area (Å²) in [6.45, 7) is 7.75. The molecule has 1 heterocycles. The van der Waals surface area contributed by atoms with E-state index in [1.807, 2.05) is 6.07 Å². The third-order valence-electron chi connectivity index (χ3n) is 3.83. The summed E-state index contributed by atoms with van der Waals surface area (Å²) in [4.78, 5) is 7.06.